The SMILES string of the molecule is COc1ccc2c(c1)[C@@](O)([C@H](C)/C=C/CC(=O)N1CCC[C@H]1CO)C(=O)N2Cc1ccc(N2CCC2=O)cc1. The van der Waals surface area contributed by atoms with Crippen molar-refractivity contribution in [2.24, 2.45) is 5.92 Å². The molecule has 2 fully saturated rings. The summed E-state index contributed by atoms with van der Waals surface area (Å²) >= 11 is 0. The highest BCUT2D eigenvalue weighted by molar-refractivity contribution is 6.07. The van der Waals surface area contributed by atoms with Gasteiger partial charge in [-0.25, -0.2) is 0 Å². The van der Waals surface area contributed by atoms with Gasteiger partial charge < -0.3 is 29.6 Å². The minimum Gasteiger partial charge on any atom is -0.497 e. The van der Waals surface area contributed by atoms with Crippen LogP contribution in [0.1, 0.15) is 43.7 Å². The maximum Gasteiger partial charge on any atom is 0.264 e. The van der Waals surface area contributed by atoms with E-state index in [2.05, 4.69) is 0 Å². The first kappa shape index (κ1) is 26.9. The van der Waals surface area contributed by atoms with Crippen molar-refractivity contribution in [3.63, 3.8) is 0 Å². The Hall–Kier alpha value is -3.69. The molecule has 0 radical (unpaired) electrons. The van der Waals surface area contributed by atoms with Crippen molar-refractivity contribution in [2.75, 3.05) is 36.6 Å². The Kier molecular flexibility index (Phi) is 7.46. The monoisotopic (exact) mass is 533 g/mol. The number of amides is 3. The number of methoxy groups -OCH3 is 1. The van der Waals surface area contributed by atoms with Crippen LogP contribution in [0.5, 0.6) is 5.75 Å². The van der Waals surface area contributed by atoms with Crippen molar-refractivity contribution in [3.05, 3.63) is 65.7 Å². The highest BCUT2D eigenvalue weighted by Gasteiger charge is 2.52. The van der Waals surface area contributed by atoms with E-state index in [1.165, 1.54) is 7.11 Å². The Bertz CT molecular complexity index is 1290. The Morgan fingerprint density at radius 1 is 1.18 bits per heavy atom. The van der Waals surface area contributed by atoms with Crippen molar-refractivity contribution < 1.29 is 29.3 Å². The number of nitrogens with zero attached hydrogens (tertiary/aromatic N) is 3. The number of fused-ring (bicyclic) bond motifs is 1. The zero-order chi connectivity index (χ0) is 27.7. The molecule has 2 aromatic carbocycles. The molecule has 3 heterocycles. The van der Waals surface area contributed by atoms with Crippen molar-refractivity contribution in [1.29, 1.82) is 0 Å². The smallest absolute Gasteiger partial charge is 0.264 e. The number of aliphatic hydroxyl groups is 2. The molecule has 3 aliphatic rings. The molecule has 5 rings (SSSR count). The summed E-state index contributed by atoms with van der Waals surface area (Å²) in [6.45, 7) is 3.31. The molecule has 0 saturated carbocycles. The van der Waals surface area contributed by atoms with Crippen LogP contribution in [-0.2, 0) is 26.5 Å². The van der Waals surface area contributed by atoms with Gasteiger partial charge in [-0.3, -0.25) is 14.4 Å². The van der Waals surface area contributed by atoms with E-state index in [4.69, 9.17) is 4.74 Å². The molecule has 9 nitrogen and oxygen atoms in total. The fraction of sp³-hybridized carbons (Fsp3) is 0.433. The van der Waals surface area contributed by atoms with Crippen LogP contribution in [0.2, 0.25) is 0 Å². The van der Waals surface area contributed by atoms with Crippen LogP contribution in [0.3, 0.4) is 0 Å². The first-order chi connectivity index (χ1) is 18.8. The molecule has 206 valence electrons. The number of rotatable bonds is 9. The van der Waals surface area contributed by atoms with Crippen molar-refractivity contribution in [2.45, 2.75) is 50.8 Å². The third-order valence-corrected chi connectivity index (χ3v) is 8.20. The van der Waals surface area contributed by atoms with Gasteiger partial charge in [0.15, 0.2) is 5.60 Å². The number of aliphatic hydroxyl groups excluding tert-OH is 1. The molecule has 0 unspecified atom stereocenters. The highest BCUT2D eigenvalue weighted by atomic mass is 16.5. The summed E-state index contributed by atoms with van der Waals surface area (Å²) in [7, 11) is 1.53. The van der Waals surface area contributed by atoms with E-state index in [9.17, 15) is 24.6 Å². The Balaban J connectivity index is 1.36. The average Bonchev–Trinajstić information content (AvgIpc) is 3.51. The van der Waals surface area contributed by atoms with Gasteiger partial charge in [-0.15, -0.1) is 0 Å². The van der Waals surface area contributed by atoms with Crippen LogP contribution < -0.4 is 14.5 Å². The molecule has 0 aliphatic carbocycles. The second-order valence-corrected chi connectivity index (χ2v) is 10.5. The number of hydrogen-bond donors (Lipinski definition) is 2. The third kappa shape index (κ3) is 4.81. The Labute approximate surface area is 228 Å². The molecule has 2 saturated heterocycles. The van der Waals surface area contributed by atoms with Crippen LogP contribution in [0.15, 0.2) is 54.6 Å². The van der Waals surface area contributed by atoms with Gasteiger partial charge in [-0.2, -0.15) is 0 Å². The molecule has 2 N–H and O–H groups in total. The minimum atomic E-state index is -1.84. The first-order valence-corrected chi connectivity index (χ1v) is 13.5. The van der Waals surface area contributed by atoms with Gasteiger partial charge in [-0.05, 0) is 48.7 Å². The third-order valence-electron chi connectivity index (χ3n) is 8.20. The summed E-state index contributed by atoms with van der Waals surface area (Å²) in [6, 6.07) is 12.6. The summed E-state index contributed by atoms with van der Waals surface area (Å²) in [5.74, 6) is -0.521. The number of carbonyl (C=O) groups excluding carboxylic acids is 3. The molecule has 0 bridgehead atoms. The average molecular weight is 534 g/mol. The molecule has 2 aromatic rings. The maximum atomic E-state index is 13.8. The fourth-order valence-electron chi connectivity index (χ4n) is 5.75. The van der Waals surface area contributed by atoms with Crippen LogP contribution in [0.4, 0.5) is 11.4 Å². The summed E-state index contributed by atoms with van der Waals surface area (Å²) < 4.78 is 5.39. The number of likely N-dealkylation sites (tertiary alicyclic amines) is 1. The van der Waals surface area contributed by atoms with E-state index >= 15 is 0 Å². The van der Waals surface area contributed by atoms with Gasteiger partial charge in [0.05, 0.1) is 32.0 Å². The number of anilines is 2. The van der Waals surface area contributed by atoms with Crippen LogP contribution in [0.25, 0.3) is 0 Å². The van der Waals surface area contributed by atoms with E-state index in [1.807, 2.05) is 24.3 Å². The number of β-lactam (4-membered cyclic amide) rings is 1. The summed E-state index contributed by atoms with van der Waals surface area (Å²) in [6.07, 6.45) is 5.77. The van der Waals surface area contributed by atoms with Gasteiger partial charge in [0.2, 0.25) is 11.8 Å². The molecular formula is C30H35N3O6. The molecule has 3 amide bonds. The molecular weight excluding hydrogens is 498 g/mol. The highest BCUT2D eigenvalue weighted by Crippen LogP contribution is 2.47. The standard InChI is InChI=1S/C30H35N3O6/c1-20(5-3-7-27(35)31-15-4-6-23(31)19-34)30(38)25-17-24(39-2)12-13-26(25)33(29(30)37)18-21-8-10-22(11-9-21)32-16-14-28(32)36/h3,5,8-13,17,20,23,34,38H,4,6-7,14-16,18-19H2,1-2H3/b5-3+/t20-,23+,30+/m1/s1. The lowest BCUT2D eigenvalue weighted by Crippen LogP contribution is -2.44. The minimum absolute atomic E-state index is 0.0479. The van der Waals surface area contributed by atoms with E-state index in [1.54, 1.807) is 52.0 Å². The van der Waals surface area contributed by atoms with E-state index < -0.39 is 17.4 Å². The molecule has 3 aliphatic heterocycles. The number of benzene rings is 2. The molecule has 0 aromatic heterocycles. The van der Waals surface area contributed by atoms with E-state index in [0.29, 0.717) is 36.5 Å². The van der Waals surface area contributed by atoms with Crippen molar-refractivity contribution in [3.8, 4) is 5.75 Å². The second-order valence-electron chi connectivity index (χ2n) is 10.5. The quantitative estimate of drug-likeness (QED) is 0.379. The lowest BCUT2D eigenvalue weighted by molar-refractivity contribution is -0.139. The fourth-order valence-corrected chi connectivity index (χ4v) is 5.75. The van der Waals surface area contributed by atoms with Crippen molar-refractivity contribution in [1.82, 2.24) is 4.90 Å². The number of hydrogen-bond acceptors (Lipinski definition) is 6. The van der Waals surface area contributed by atoms with E-state index in [0.717, 1.165) is 24.1 Å². The van der Waals surface area contributed by atoms with Crippen molar-refractivity contribution >= 4 is 29.1 Å². The van der Waals surface area contributed by atoms with Crippen LogP contribution >= 0.6 is 0 Å². The number of ether oxygens (including phenoxy) is 1. The largest absolute Gasteiger partial charge is 0.497 e. The molecule has 9 heteroatoms. The summed E-state index contributed by atoms with van der Waals surface area (Å²) in [5.41, 5.74) is 0.915. The molecule has 3 atom stereocenters. The lowest BCUT2D eigenvalue weighted by Gasteiger charge is -2.31. The van der Waals surface area contributed by atoms with Gasteiger partial charge in [0, 0.05) is 43.1 Å². The normalized spacial score (nSPS) is 23.4. The van der Waals surface area contributed by atoms with Gasteiger partial charge >= 0.3 is 0 Å². The second kappa shape index (κ2) is 10.8. The predicted molar refractivity (Wildman–Crippen MR) is 146 cm³/mol. The zero-order valence-electron chi connectivity index (χ0n) is 22.4. The number of carbonyl (C=O) groups is 3. The molecule has 39 heavy (non-hydrogen) atoms. The summed E-state index contributed by atoms with van der Waals surface area (Å²) in [5, 5.41) is 21.4. The topological polar surface area (TPSA) is 111 Å². The zero-order valence-corrected chi connectivity index (χ0v) is 22.4. The van der Waals surface area contributed by atoms with Crippen LogP contribution in [-0.4, -0.2) is 65.7 Å². The summed E-state index contributed by atoms with van der Waals surface area (Å²) in [4.78, 5) is 43.3. The van der Waals surface area contributed by atoms with Gasteiger partial charge in [-0.1, -0.05) is 31.2 Å². The molecule has 0 spiro atoms. The Morgan fingerprint density at radius 3 is 2.59 bits per heavy atom. The van der Waals surface area contributed by atoms with Gasteiger partial charge in [0.1, 0.15) is 5.75 Å². The van der Waals surface area contributed by atoms with Gasteiger partial charge in [0.25, 0.3) is 5.91 Å². The lowest BCUT2D eigenvalue weighted by atomic mass is 9.83. The van der Waals surface area contributed by atoms with E-state index in [-0.39, 0.29) is 37.4 Å². The van der Waals surface area contributed by atoms with Crippen LogP contribution in [0, 0.1) is 5.92 Å². The Morgan fingerprint density at radius 2 is 1.95 bits per heavy atom. The predicted octanol–water partition coefficient (Wildman–Crippen LogP) is 2.73. The first-order valence-electron chi connectivity index (χ1n) is 13.5. The maximum absolute atomic E-state index is 13.8.